The summed E-state index contributed by atoms with van der Waals surface area (Å²) in [6, 6.07) is 0. The second kappa shape index (κ2) is 8.72. The monoisotopic (exact) mass is 261 g/mol. The molecule has 84 valence electrons. The molecule has 0 atom stereocenters. The van der Waals surface area contributed by atoms with Gasteiger partial charge in [-0.15, -0.1) is 0 Å². The zero-order chi connectivity index (χ0) is 10.1. The lowest BCUT2D eigenvalue weighted by atomic mass is 9.89. The highest BCUT2D eigenvalue weighted by Crippen LogP contribution is 2.22. The minimum absolute atomic E-state index is 0.986. The van der Waals surface area contributed by atoms with Crippen molar-refractivity contribution in [2.24, 2.45) is 5.92 Å². The minimum atomic E-state index is 0.986. The van der Waals surface area contributed by atoms with Gasteiger partial charge in [0.25, 0.3) is 0 Å². The summed E-state index contributed by atoms with van der Waals surface area (Å²) in [5.74, 6) is 0.986. The summed E-state index contributed by atoms with van der Waals surface area (Å²) in [5.41, 5.74) is 0. The fourth-order valence-electron chi connectivity index (χ4n) is 2.22. The van der Waals surface area contributed by atoms with Crippen LogP contribution in [0.4, 0.5) is 0 Å². The van der Waals surface area contributed by atoms with Crippen molar-refractivity contribution in [3.63, 3.8) is 0 Å². The van der Waals surface area contributed by atoms with E-state index in [0.717, 1.165) is 11.2 Å². The third-order valence-corrected chi connectivity index (χ3v) is 3.71. The molecular formula is C12H24BrN. The van der Waals surface area contributed by atoms with Gasteiger partial charge >= 0.3 is 0 Å². The van der Waals surface area contributed by atoms with Gasteiger partial charge in [0.15, 0.2) is 0 Å². The van der Waals surface area contributed by atoms with Crippen LogP contribution in [0.2, 0.25) is 0 Å². The quantitative estimate of drug-likeness (QED) is 0.544. The summed E-state index contributed by atoms with van der Waals surface area (Å²) in [7, 11) is 0. The van der Waals surface area contributed by atoms with Crippen LogP contribution in [0, 0.1) is 5.92 Å². The van der Waals surface area contributed by atoms with E-state index in [9.17, 15) is 0 Å². The number of rotatable bonds is 7. The predicted octanol–water partition coefficient (Wildman–Crippen LogP) is 3.72. The van der Waals surface area contributed by atoms with Gasteiger partial charge in [0.1, 0.15) is 0 Å². The molecule has 0 aromatic heterocycles. The van der Waals surface area contributed by atoms with Gasteiger partial charge in [0.05, 0.1) is 0 Å². The average Bonchev–Trinajstić information content (AvgIpc) is 2.25. The zero-order valence-electron chi connectivity index (χ0n) is 9.23. The van der Waals surface area contributed by atoms with Gasteiger partial charge in [-0.05, 0) is 44.7 Å². The number of hydrogen-bond donors (Lipinski definition) is 1. The maximum absolute atomic E-state index is 3.60. The lowest BCUT2D eigenvalue weighted by Gasteiger charge is -2.21. The number of unbranched alkanes of at least 4 members (excludes halogenated alkanes) is 2. The first-order chi connectivity index (χ1) is 6.93. The van der Waals surface area contributed by atoms with E-state index in [0.29, 0.717) is 0 Å². The van der Waals surface area contributed by atoms with E-state index < -0.39 is 0 Å². The lowest BCUT2D eigenvalue weighted by molar-refractivity contribution is 0.341. The second-order valence-corrected chi connectivity index (χ2v) is 5.25. The number of halogens is 1. The van der Waals surface area contributed by atoms with Crippen LogP contribution < -0.4 is 5.32 Å². The van der Waals surface area contributed by atoms with Crippen LogP contribution in [0.1, 0.15) is 51.4 Å². The molecule has 0 heterocycles. The van der Waals surface area contributed by atoms with E-state index >= 15 is 0 Å². The number of nitrogens with one attached hydrogen (secondary N) is 1. The molecule has 14 heavy (non-hydrogen) atoms. The number of alkyl halides is 1. The Morgan fingerprint density at radius 1 is 1.00 bits per heavy atom. The third kappa shape index (κ3) is 6.02. The van der Waals surface area contributed by atoms with Gasteiger partial charge in [-0.1, -0.05) is 41.6 Å². The van der Waals surface area contributed by atoms with Gasteiger partial charge in [-0.3, -0.25) is 0 Å². The molecular weight excluding hydrogens is 238 g/mol. The maximum atomic E-state index is 3.60. The Labute approximate surface area is 97.2 Å². The molecule has 0 unspecified atom stereocenters. The second-order valence-electron chi connectivity index (χ2n) is 4.46. The molecule has 2 heteroatoms. The van der Waals surface area contributed by atoms with E-state index in [1.54, 1.807) is 0 Å². The van der Waals surface area contributed by atoms with Crippen molar-refractivity contribution in [2.75, 3.05) is 18.4 Å². The van der Waals surface area contributed by atoms with E-state index in [4.69, 9.17) is 0 Å². The highest BCUT2D eigenvalue weighted by atomic mass is 79.9. The van der Waals surface area contributed by atoms with Crippen LogP contribution in [0.5, 0.6) is 0 Å². The fraction of sp³-hybridized carbons (Fsp3) is 1.00. The standard InChI is InChI=1S/C12H24BrN/c13-9-5-2-6-10-14-11-12-7-3-1-4-8-12/h12,14H,1-11H2. The minimum Gasteiger partial charge on any atom is -0.316 e. The van der Waals surface area contributed by atoms with E-state index in [-0.39, 0.29) is 0 Å². The van der Waals surface area contributed by atoms with E-state index in [1.165, 1.54) is 64.5 Å². The van der Waals surface area contributed by atoms with Crippen molar-refractivity contribution in [3.05, 3.63) is 0 Å². The first-order valence-electron chi connectivity index (χ1n) is 6.20. The average molecular weight is 262 g/mol. The summed E-state index contributed by atoms with van der Waals surface area (Å²) in [4.78, 5) is 0. The van der Waals surface area contributed by atoms with Crippen LogP contribution in [-0.2, 0) is 0 Å². The van der Waals surface area contributed by atoms with Crippen molar-refractivity contribution in [3.8, 4) is 0 Å². The fourth-order valence-corrected chi connectivity index (χ4v) is 2.62. The van der Waals surface area contributed by atoms with E-state index in [2.05, 4.69) is 21.2 Å². The Bertz CT molecular complexity index is 121. The summed E-state index contributed by atoms with van der Waals surface area (Å²) in [6.07, 6.45) is 11.4. The van der Waals surface area contributed by atoms with Crippen LogP contribution >= 0.6 is 15.9 Å². The van der Waals surface area contributed by atoms with Crippen molar-refractivity contribution >= 4 is 15.9 Å². The topological polar surface area (TPSA) is 12.0 Å². The molecule has 0 radical (unpaired) electrons. The molecule has 0 aliphatic heterocycles. The SMILES string of the molecule is BrCCCCCNCC1CCCCC1. The first-order valence-corrected chi connectivity index (χ1v) is 7.32. The third-order valence-electron chi connectivity index (χ3n) is 3.14. The van der Waals surface area contributed by atoms with E-state index in [1.807, 2.05) is 0 Å². The van der Waals surface area contributed by atoms with Gasteiger partial charge in [-0.2, -0.15) is 0 Å². The van der Waals surface area contributed by atoms with Gasteiger partial charge in [0.2, 0.25) is 0 Å². The van der Waals surface area contributed by atoms with Crippen LogP contribution in [0.3, 0.4) is 0 Å². The van der Waals surface area contributed by atoms with Crippen LogP contribution in [-0.4, -0.2) is 18.4 Å². The van der Waals surface area contributed by atoms with Gasteiger partial charge < -0.3 is 5.32 Å². The van der Waals surface area contributed by atoms with Crippen LogP contribution in [0.25, 0.3) is 0 Å². The molecule has 1 rings (SSSR count). The van der Waals surface area contributed by atoms with Crippen molar-refractivity contribution in [1.82, 2.24) is 5.32 Å². The highest BCUT2D eigenvalue weighted by Gasteiger charge is 2.11. The molecule has 0 amide bonds. The van der Waals surface area contributed by atoms with Crippen molar-refractivity contribution < 1.29 is 0 Å². The maximum Gasteiger partial charge on any atom is 0.00313 e. The molecule has 0 aromatic carbocycles. The largest absolute Gasteiger partial charge is 0.316 e. The Hall–Kier alpha value is 0.440. The summed E-state index contributed by atoms with van der Waals surface area (Å²) >= 11 is 3.46. The van der Waals surface area contributed by atoms with Crippen molar-refractivity contribution in [1.29, 1.82) is 0 Å². The van der Waals surface area contributed by atoms with Crippen molar-refractivity contribution in [2.45, 2.75) is 51.4 Å². The summed E-state index contributed by atoms with van der Waals surface area (Å²) in [5, 5.41) is 4.76. The van der Waals surface area contributed by atoms with Gasteiger partial charge in [0, 0.05) is 5.33 Å². The molecule has 1 aliphatic carbocycles. The normalized spacial score (nSPS) is 18.6. The highest BCUT2D eigenvalue weighted by molar-refractivity contribution is 9.09. The summed E-state index contributed by atoms with van der Waals surface area (Å²) < 4.78 is 0. The molecule has 1 N–H and O–H groups in total. The Morgan fingerprint density at radius 2 is 1.79 bits per heavy atom. The zero-order valence-corrected chi connectivity index (χ0v) is 10.8. The molecule has 1 aliphatic rings. The lowest BCUT2D eigenvalue weighted by Crippen LogP contribution is -2.25. The summed E-state index contributed by atoms with van der Waals surface area (Å²) in [6.45, 7) is 2.50. The van der Waals surface area contributed by atoms with Crippen LogP contribution in [0.15, 0.2) is 0 Å². The number of hydrogen-bond acceptors (Lipinski definition) is 1. The molecule has 0 spiro atoms. The molecule has 0 aromatic rings. The molecule has 1 fully saturated rings. The Morgan fingerprint density at radius 3 is 2.50 bits per heavy atom. The molecule has 1 saturated carbocycles. The van der Waals surface area contributed by atoms with Gasteiger partial charge in [-0.25, -0.2) is 0 Å². The smallest absolute Gasteiger partial charge is 0.00313 e. The Balaban J connectivity index is 1.82. The molecule has 0 saturated heterocycles. The predicted molar refractivity (Wildman–Crippen MR) is 67.1 cm³/mol. The Kier molecular flexibility index (Phi) is 7.80. The first kappa shape index (κ1) is 12.5. The molecule has 1 nitrogen and oxygen atoms in total. The molecule has 0 bridgehead atoms.